The van der Waals surface area contributed by atoms with Crippen molar-refractivity contribution in [3.8, 4) is 0 Å². The van der Waals surface area contributed by atoms with Crippen LogP contribution in [0.5, 0.6) is 0 Å². The van der Waals surface area contributed by atoms with Crippen LogP contribution in [-0.4, -0.2) is 23.7 Å². The third-order valence-electron chi connectivity index (χ3n) is 14.6. The Bertz CT molecular complexity index is 843. The van der Waals surface area contributed by atoms with E-state index in [0.29, 0.717) is 23.2 Å². The second kappa shape index (κ2) is 18.8. The van der Waals surface area contributed by atoms with E-state index in [1.54, 1.807) is 0 Å². The minimum atomic E-state index is -0.0451. The molecule has 3 heteroatoms. The number of carbonyl (C=O) groups excluding carboxylic acids is 1. The molecule has 4 aliphatic rings. The molecule has 0 aromatic rings. The number of amides is 1. The van der Waals surface area contributed by atoms with E-state index in [4.69, 9.17) is 0 Å². The largest absolute Gasteiger partial charge is 0.393 e. The summed E-state index contributed by atoms with van der Waals surface area (Å²) in [6, 6.07) is 0. The Morgan fingerprint density at radius 2 is 1.27 bits per heavy atom. The lowest BCUT2D eigenvalue weighted by Crippen LogP contribution is -2.54. The third kappa shape index (κ3) is 10.2. The molecule has 0 aliphatic heterocycles. The standard InChI is InChI=1S/C42H77NO2/c1-5-6-7-8-9-10-11-12-13-14-15-16-17-18-19-20-31-43-40(45)26-21-33(2)37-24-25-38-36-23-22-34-32-35(44)27-29-41(34,3)39(36)28-30-42(37,38)4/h33-39,44H,5-32H2,1-4H3,(H,43,45)/t33?,34?,35-,36?,37-,38?,39?,41+,42-/m1/s1. The predicted molar refractivity (Wildman–Crippen MR) is 192 cm³/mol. The average Bonchev–Trinajstić information content (AvgIpc) is 3.39. The highest BCUT2D eigenvalue weighted by molar-refractivity contribution is 5.75. The molecule has 1 amide bonds. The predicted octanol–water partition coefficient (Wildman–Crippen LogP) is 11.8. The number of fused-ring (bicyclic) bond motifs is 5. The maximum Gasteiger partial charge on any atom is 0.220 e. The van der Waals surface area contributed by atoms with Gasteiger partial charge in [0.15, 0.2) is 0 Å². The molecule has 262 valence electrons. The Labute approximate surface area is 280 Å². The van der Waals surface area contributed by atoms with Gasteiger partial charge < -0.3 is 10.4 Å². The van der Waals surface area contributed by atoms with Gasteiger partial charge in [0.05, 0.1) is 6.10 Å². The Hall–Kier alpha value is -0.570. The van der Waals surface area contributed by atoms with E-state index in [0.717, 1.165) is 61.8 Å². The van der Waals surface area contributed by atoms with E-state index < -0.39 is 0 Å². The molecular weight excluding hydrogens is 550 g/mol. The molecule has 0 heterocycles. The van der Waals surface area contributed by atoms with E-state index in [1.807, 2.05) is 0 Å². The quantitative estimate of drug-likeness (QED) is 0.124. The molecule has 5 unspecified atom stereocenters. The summed E-state index contributed by atoms with van der Waals surface area (Å²) in [4.78, 5) is 12.7. The number of unbranched alkanes of at least 4 members (excludes halogenated alkanes) is 15. The van der Waals surface area contributed by atoms with Gasteiger partial charge >= 0.3 is 0 Å². The van der Waals surface area contributed by atoms with Gasteiger partial charge in [-0.25, -0.2) is 0 Å². The van der Waals surface area contributed by atoms with Gasteiger partial charge in [0.2, 0.25) is 5.91 Å². The summed E-state index contributed by atoms with van der Waals surface area (Å²) < 4.78 is 0. The van der Waals surface area contributed by atoms with Crippen LogP contribution in [0.4, 0.5) is 0 Å². The number of rotatable bonds is 21. The second-order valence-electron chi connectivity index (χ2n) is 17.5. The smallest absolute Gasteiger partial charge is 0.220 e. The van der Waals surface area contributed by atoms with Crippen LogP contribution in [0.1, 0.15) is 201 Å². The zero-order valence-corrected chi connectivity index (χ0v) is 30.7. The highest BCUT2D eigenvalue weighted by Crippen LogP contribution is 2.68. The average molecular weight is 628 g/mol. The van der Waals surface area contributed by atoms with Crippen molar-refractivity contribution >= 4 is 5.91 Å². The summed E-state index contributed by atoms with van der Waals surface area (Å²) >= 11 is 0. The molecule has 3 nitrogen and oxygen atoms in total. The van der Waals surface area contributed by atoms with Gasteiger partial charge in [0.1, 0.15) is 0 Å². The maximum atomic E-state index is 12.7. The van der Waals surface area contributed by atoms with Crippen LogP contribution in [0.15, 0.2) is 0 Å². The van der Waals surface area contributed by atoms with Crippen LogP contribution in [0, 0.1) is 46.3 Å². The van der Waals surface area contributed by atoms with Crippen LogP contribution in [0.3, 0.4) is 0 Å². The molecular formula is C42H77NO2. The molecule has 4 saturated carbocycles. The first-order valence-electron chi connectivity index (χ1n) is 20.7. The van der Waals surface area contributed by atoms with Crippen molar-refractivity contribution in [3.63, 3.8) is 0 Å². The molecule has 0 aromatic heterocycles. The fraction of sp³-hybridized carbons (Fsp3) is 0.976. The summed E-state index contributed by atoms with van der Waals surface area (Å²) in [5.41, 5.74) is 0.944. The fourth-order valence-corrected chi connectivity index (χ4v) is 11.8. The number of carbonyl (C=O) groups is 1. The van der Waals surface area contributed by atoms with Crippen molar-refractivity contribution in [2.45, 2.75) is 207 Å². The van der Waals surface area contributed by atoms with E-state index >= 15 is 0 Å². The van der Waals surface area contributed by atoms with Crippen molar-refractivity contribution in [3.05, 3.63) is 0 Å². The van der Waals surface area contributed by atoms with Crippen molar-refractivity contribution < 1.29 is 9.90 Å². The summed E-state index contributed by atoms with van der Waals surface area (Å²) in [7, 11) is 0. The van der Waals surface area contributed by atoms with Gasteiger partial charge in [-0.3, -0.25) is 4.79 Å². The Morgan fingerprint density at radius 3 is 1.89 bits per heavy atom. The summed E-state index contributed by atoms with van der Waals surface area (Å²) in [5, 5.41) is 13.6. The van der Waals surface area contributed by atoms with E-state index in [9.17, 15) is 9.90 Å². The topological polar surface area (TPSA) is 49.3 Å². The van der Waals surface area contributed by atoms with Crippen LogP contribution in [-0.2, 0) is 4.79 Å². The first-order valence-corrected chi connectivity index (χ1v) is 20.7. The Morgan fingerprint density at radius 1 is 0.711 bits per heavy atom. The molecule has 9 atom stereocenters. The molecule has 4 rings (SSSR count). The maximum absolute atomic E-state index is 12.7. The van der Waals surface area contributed by atoms with Gasteiger partial charge in [-0.2, -0.15) is 0 Å². The third-order valence-corrected chi connectivity index (χ3v) is 14.6. The SMILES string of the molecule is CCCCCCCCCCCCCCCCCCNC(=O)CCC(C)[C@H]1CCC2C3CCC4C[C@H](O)CC[C@]4(C)C3CC[C@@]21C. The first-order chi connectivity index (χ1) is 21.8. The fourth-order valence-electron chi connectivity index (χ4n) is 11.8. The number of aliphatic hydroxyl groups is 1. The second-order valence-corrected chi connectivity index (χ2v) is 17.5. The van der Waals surface area contributed by atoms with Gasteiger partial charge in [-0.05, 0) is 117 Å². The monoisotopic (exact) mass is 628 g/mol. The lowest BCUT2D eigenvalue weighted by molar-refractivity contribution is -0.129. The van der Waals surface area contributed by atoms with Gasteiger partial charge in [-0.15, -0.1) is 0 Å². The molecule has 2 N–H and O–H groups in total. The van der Waals surface area contributed by atoms with Gasteiger partial charge in [0.25, 0.3) is 0 Å². The molecule has 4 aliphatic carbocycles. The van der Waals surface area contributed by atoms with Crippen molar-refractivity contribution in [1.29, 1.82) is 0 Å². The lowest BCUT2D eigenvalue weighted by atomic mass is 9.44. The van der Waals surface area contributed by atoms with Gasteiger partial charge in [-0.1, -0.05) is 124 Å². The summed E-state index contributed by atoms with van der Waals surface area (Å²) in [5.74, 6) is 5.14. The molecule has 0 saturated heterocycles. The van der Waals surface area contributed by atoms with E-state index in [1.165, 1.54) is 141 Å². The molecule has 0 aromatic carbocycles. The molecule has 0 radical (unpaired) electrons. The number of hydrogen-bond donors (Lipinski definition) is 2. The first kappa shape index (κ1) is 37.3. The summed E-state index contributed by atoms with van der Waals surface area (Å²) in [6.45, 7) is 10.9. The molecule has 0 bridgehead atoms. The number of aliphatic hydroxyl groups excluding tert-OH is 1. The zero-order chi connectivity index (χ0) is 32.1. The van der Waals surface area contributed by atoms with Crippen LogP contribution in [0.25, 0.3) is 0 Å². The summed E-state index contributed by atoms with van der Waals surface area (Å²) in [6.07, 6.45) is 35.7. The van der Waals surface area contributed by atoms with Crippen molar-refractivity contribution in [2.75, 3.05) is 6.54 Å². The molecule has 4 fully saturated rings. The Kier molecular flexibility index (Phi) is 15.6. The molecule has 45 heavy (non-hydrogen) atoms. The molecule has 0 spiro atoms. The number of nitrogens with one attached hydrogen (secondary N) is 1. The normalized spacial score (nSPS) is 35.0. The number of hydrogen-bond acceptors (Lipinski definition) is 2. The van der Waals surface area contributed by atoms with E-state index in [-0.39, 0.29) is 12.0 Å². The van der Waals surface area contributed by atoms with Gasteiger partial charge in [0, 0.05) is 13.0 Å². The zero-order valence-electron chi connectivity index (χ0n) is 30.7. The Balaban J connectivity index is 1.02. The lowest BCUT2D eigenvalue weighted by Gasteiger charge is -2.61. The van der Waals surface area contributed by atoms with Crippen LogP contribution < -0.4 is 5.32 Å². The van der Waals surface area contributed by atoms with Crippen molar-refractivity contribution in [2.24, 2.45) is 46.3 Å². The highest BCUT2D eigenvalue weighted by atomic mass is 16.3. The minimum Gasteiger partial charge on any atom is -0.393 e. The van der Waals surface area contributed by atoms with Crippen molar-refractivity contribution in [1.82, 2.24) is 5.32 Å². The van der Waals surface area contributed by atoms with E-state index in [2.05, 4.69) is 33.0 Å². The van der Waals surface area contributed by atoms with Crippen LogP contribution in [0.2, 0.25) is 0 Å². The minimum absolute atomic E-state index is 0.0451. The van der Waals surface area contributed by atoms with Crippen LogP contribution >= 0.6 is 0 Å². The highest BCUT2D eigenvalue weighted by Gasteiger charge is 2.60.